The summed E-state index contributed by atoms with van der Waals surface area (Å²) in [6, 6.07) is 7.15. The number of ether oxygens (including phenoxy) is 1. The Morgan fingerprint density at radius 1 is 1.25 bits per heavy atom. The minimum atomic E-state index is -0.625. The molecule has 0 radical (unpaired) electrons. The van der Waals surface area contributed by atoms with Crippen molar-refractivity contribution in [3.63, 3.8) is 0 Å². The third-order valence-electron chi connectivity index (χ3n) is 4.68. The van der Waals surface area contributed by atoms with Gasteiger partial charge in [-0.2, -0.15) is 0 Å². The number of nitrogens with one attached hydrogen (secondary N) is 1. The van der Waals surface area contributed by atoms with Crippen molar-refractivity contribution in [3.8, 4) is 0 Å². The summed E-state index contributed by atoms with van der Waals surface area (Å²) < 4.78 is 5.45. The molecular formula is C17H29Cl2N3O2. The van der Waals surface area contributed by atoms with Gasteiger partial charge in [0.25, 0.3) is 0 Å². The van der Waals surface area contributed by atoms with E-state index in [1.807, 2.05) is 31.2 Å². The van der Waals surface area contributed by atoms with Crippen molar-refractivity contribution >= 4 is 30.7 Å². The molecule has 1 fully saturated rings. The van der Waals surface area contributed by atoms with Gasteiger partial charge in [0.1, 0.15) is 6.04 Å². The molecule has 1 aliphatic heterocycles. The second-order valence-electron chi connectivity index (χ2n) is 6.34. The lowest BCUT2D eigenvalue weighted by molar-refractivity contribution is -0.123. The van der Waals surface area contributed by atoms with E-state index in [1.165, 1.54) is 0 Å². The number of carbonyl (C=O) groups excluding carboxylic acids is 1. The van der Waals surface area contributed by atoms with E-state index in [-0.39, 0.29) is 36.3 Å². The third-order valence-corrected chi connectivity index (χ3v) is 4.68. The fraction of sp³-hybridized carbons (Fsp3) is 0.588. The molecule has 0 bridgehead atoms. The number of amides is 1. The van der Waals surface area contributed by atoms with Crippen LogP contribution in [0, 0.1) is 6.92 Å². The maximum absolute atomic E-state index is 12.3. The highest BCUT2D eigenvalue weighted by atomic mass is 35.5. The van der Waals surface area contributed by atoms with Crippen LogP contribution in [0.3, 0.4) is 0 Å². The van der Waals surface area contributed by atoms with Crippen LogP contribution >= 0.6 is 24.8 Å². The molecule has 0 saturated carbocycles. The number of rotatable bonds is 5. The molecule has 5 nitrogen and oxygen atoms in total. The minimum Gasteiger partial charge on any atom is -0.381 e. The summed E-state index contributed by atoms with van der Waals surface area (Å²) in [4.78, 5) is 14.5. The number of benzene rings is 1. The number of halogens is 2. The molecule has 3 N–H and O–H groups in total. The van der Waals surface area contributed by atoms with Gasteiger partial charge in [0.05, 0.1) is 0 Å². The average Bonchev–Trinajstić information content (AvgIpc) is 2.53. The van der Waals surface area contributed by atoms with Crippen molar-refractivity contribution in [1.29, 1.82) is 0 Å². The van der Waals surface area contributed by atoms with E-state index in [0.717, 1.165) is 37.2 Å². The Labute approximate surface area is 157 Å². The molecule has 24 heavy (non-hydrogen) atoms. The molecule has 1 aromatic carbocycles. The smallest absolute Gasteiger partial charge is 0.241 e. The zero-order valence-electron chi connectivity index (χ0n) is 14.6. The van der Waals surface area contributed by atoms with E-state index in [1.54, 1.807) is 0 Å². The molecule has 1 aliphatic rings. The maximum Gasteiger partial charge on any atom is 0.241 e. The first kappa shape index (κ1) is 23.1. The van der Waals surface area contributed by atoms with Gasteiger partial charge in [0, 0.05) is 25.3 Å². The molecule has 0 spiro atoms. The Hall–Kier alpha value is -0.850. The van der Waals surface area contributed by atoms with Crippen LogP contribution in [0.5, 0.6) is 0 Å². The van der Waals surface area contributed by atoms with E-state index in [2.05, 4.69) is 24.3 Å². The first-order chi connectivity index (χ1) is 10.4. The van der Waals surface area contributed by atoms with Crippen LogP contribution in [-0.2, 0) is 9.53 Å². The molecule has 138 valence electrons. The molecule has 1 amide bonds. The summed E-state index contributed by atoms with van der Waals surface area (Å²) in [6.45, 7) is 4.08. The number of likely N-dealkylation sites (N-methyl/N-ethyl adjacent to an activating group) is 1. The van der Waals surface area contributed by atoms with Crippen molar-refractivity contribution < 1.29 is 9.53 Å². The van der Waals surface area contributed by atoms with Crippen molar-refractivity contribution in [2.75, 3.05) is 33.9 Å². The topological polar surface area (TPSA) is 67.6 Å². The standard InChI is InChI=1S/C17H27N3O2.2ClH/c1-13-4-6-14(7-5-13)15(18)16(21)19-12-17(20(2)3)8-10-22-11-9-17;;/h4-7,15H,8-12,18H2,1-3H3,(H,19,21);2*1H. The van der Waals surface area contributed by atoms with Crippen LogP contribution in [0.2, 0.25) is 0 Å². The number of nitrogens with zero attached hydrogens (tertiary/aromatic N) is 1. The van der Waals surface area contributed by atoms with Crippen LogP contribution in [-0.4, -0.2) is 50.2 Å². The average molecular weight is 378 g/mol. The second kappa shape index (κ2) is 10.2. The molecule has 1 heterocycles. The molecule has 7 heteroatoms. The van der Waals surface area contributed by atoms with E-state index < -0.39 is 6.04 Å². The van der Waals surface area contributed by atoms with Crippen molar-refractivity contribution in [3.05, 3.63) is 35.4 Å². The number of hydrogen-bond donors (Lipinski definition) is 2. The third kappa shape index (κ3) is 5.60. The van der Waals surface area contributed by atoms with Gasteiger partial charge in [-0.25, -0.2) is 0 Å². The van der Waals surface area contributed by atoms with E-state index >= 15 is 0 Å². The van der Waals surface area contributed by atoms with Crippen LogP contribution < -0.4 is 11.1 Å². The zero-order chi connectivity index (χ0) is 16.2. The van der Waals surface area contributed by atoms with E-state index in [0.29, 0.717) is 6.54 Å². The minimum absolute atomic E-state index is 0. The highest BCUT2D eigenvalue weighted by molar-refractivity contribution is 5.85. The number of aryl methyl sites for hydroxylation is 1. The summed E-state index contributed by atoms with van der Waals surface area (Å²) in [7, 11) is 4.11. The Balaban J connectivity index is 0.00000264. The lowest BCUT2D eigenvalue weighted by atomic mass is 9.88. The molecule has 0 aromatic heterocycles. The Morgan fingerprint density at radius 2 is 1.79 bits per heavy atom. The summed E-state index contributed by atoms with van der Waals surface area (Å²) in [5, 5.41) is 3.03. The summed E-state index contributed by atoms with van der Waals surface area (Å²) >= 11 is 0. The molecule has 0 aliphatic carbocycles. The lowest BCUT2D eigenvalue weighted by Gasteiger charge is -2.43. The van der Waals surface area contributed by atoms with Crippen molar-refractivity contribution in [2.24, 2.45) is 5.73 Å². The van der Waals surface area contributed by atoms with Gasteiger partial charge >= 0.3 is 0 Å². The quantitative estimate of drug-likeness (QED) is 0.823. The van der Waals surface area contributed by atoms with Gasteiger partial charge in [0.2, 0.25) is 5.91 Å². The molecule has 1 unspecified atom stereocenters. The van der Waals surface area contributed by atoms with Gasteiger partial charge in [-0.15, -0.1) is 24.8 Å². The SMILES string of the molecule is Cc1ccc(C(N)C(=O)NCC2(N(C)C)CCOCC2)cc1.Cl.Cl. The molecule has 2 rings (SSSR count). The predicted octanol–water partition coefficient (Wildman–Crippen LogP) is 2.07. The van der Waals surface area contributed by atoms with Gasteiger partial charge in [-0.05, 0) is 39.4 Å². The van der Waals surface area contributed by atoms with Crippen molar-refractivity contribution in [1.82, 2.24) is 10.2 Å². The maximum atomic E-state index is 12.3. The van der Waals surface area contributed by atoms with Gasteiger partial charge < -0.3 is 20.7 Å². The van der Waals surface area contributed by atoms with Gasteiger partial charge in [0.15, 0.2) is 0 Å². The number of hydrogen-bond acceptors (Lipinski definition) is 4. The van der Waals surface area contributed by atoms with Crippen molar-refractivity contribution in [2.45, 2.75) is 31.3 Å². The summed E-state index contributed by atoms with van der Waals surface area (Å²) in [6.07, 6.45) is 1.83. The molecular weight excluding hydrogens is 349 g/mol. The highest BCUT2D eigenvalue weighted by Crippen LogP contribution is 2.25. The van der Waals surface area contributed by atoms with E-state index in [4.69, 9.17) is 10.5 Å². The Morgan fingerprint density at radius 3 is 2.29 bits per heavy atom. The second-order valence-corrected chi connectivity index (χ2v) is 6.34. The monoisotopic (exact) mass is 377 g/mol. The zero-order valence-corrected chi connectivity index (χ0v) is 16.2. The summed E-state index contributed by atoms with van der Waals surface area (Å²) in [5.74, 6) is -0.128. The van der Waals surface area contributed by atoms with Gasteiger partial charge in [-0.1, -0.05) is 29.8 Å². The van der Waals surface area contributed by atoms with Crippen LogP contribution in [0.4, 0.5) is 0 Å². The van der Waals surface area contributed by atoms with Crippen LogP contribution in [0.25, 0.3) is 0 Å². The first-order valence-corrected chi connectivity index (χ1v) is 7.80. The van der Waals surface area contributed by atoms with Gasteiger partial charge in [-0.3, -0.25) is 4.79 Å². The predicted molar refractivity (Wildman–Crippen MR) is 102 cm³/mol. The molecule has 1 atom stereocenters. The summed E-state index contributed by atoms with van der Waals surface area (Å²) in [5.41, 5.74) is 8.03. The Bertz CT molecular complexity index is 503. The molecule has 1 saturated heterocycles. The number of nitrogens with two attached hydrogens (primary N) is 1. The van der Waals surface area contributed by atoms with Crippen LogP contribution in [0.15, 0.2) is 24.3 Å². The Kier molecular flexibility index (Phi) is 9.85. The largest absolute Gasteiger partial charge is 0.381 e. The lowest BCUT2D eigenvalue weighted by Crippen LogP contribution is -2.56. The molecule has 1 aromatic rings. The normalized spacial score (nSPS) is 17.4. The fourth-order valence-electron chi connectivity index (χ4n) is 2.82. The highest BCUT2D eigenvalue weighted by Gasteiger charge is 2.35. The fourth-order valence-corrected chi connectivity index (χ4v) is 2.82. The first-order valence-electron chi connectivity index (χ1n) is 7.80. The van der Waals surface area contributed by atoms with E-state index in [9.17, 15) is 4.79 Å². The number of carbonyl (C=O) groups is 1. The van der Waals surface area contributed by atoms with Crippen LogP contribution in [0.1, 0.15) is 30.0 Å².